The van der Waals surface area contributed by atoms with Gasteiger partial charge in [-0.1, -0.05) is 0 Å². The first kappa shape index (κ1) is 15.1. The molecule has 1 atom stereocenters. The Morgan fingerprint density at radius 3 is 2.85 bits per heavy atom. The van der Waals surface area contributed by atoms with Crippen LogP contribution in [0.1, 0.15) is 0 Å². The van der Waals surface area contributed by atoms with E-state index in [1.165, 1.54) is 12.3 Å². The van der Waals surface area contributed by atoms with Crippen molar-refractivity contribution in [2.45, 2.75) is 0 Å². The lowest BCUT2D eigenvalue weighted by molar-refractivity contribution is 0.532. The maximum atomic E-state index is 11.8. The van der Waals surface area contributed by atoms with Crippen molar-refractivity contribution in [3.8, 4) is 0 Å². The maximum absolute atomic E-state index is 11.8. The molecular weight excluding hydrogens is 348 g/mol. The summed E-state index contributed by atoms with van der Waals surface area (Å²) in [6, 6.07) is 1.33. The van der Waals surface area contributed by atoms with Crippen molar-refractivity contribution >= 4 is 48.6 Å². The molecule has 6 nitrogen and oxygen atoms in total. The number of likely N-dealkylation sites (N-methyl/N-ethyl adjacent to an activating group) is 1. The second kappa shape index (κ2) is 5.63. The standard InChI is InChI=1S/C12H15BrN2O4S/c1-15(20(2,3)17)5-4-14-10-6-9(16)12-11(19-10)8(13)7-18-12/h6-7,14H,2,4-5H2,1,3H3. The summed E-state index contributed by atoms with van der Waals surface area (Å²) in [4.78, 5) is 11.8. The van der Waals surface area contributed by atoms with E-state index < -0.39 is 9.71 Å². The topological polar surface area (TPSA) is 75.7 Å². The number of fused-ring (bicyclic) bond motifs is 1. The molecule has 0 aliphatic carbocycles. The third-order valence-electron chi connectivity index (χ3n) is 2.79. The highest BCUT2D eigenvalue weighted by Crippen LogP contribution is 2.25. The van der Waals surface area contributed by atoms with Crippen LogP contribution in [0.4, 0.5) is 5.88 Å². The smallest absolute Gasteiger partial charge is 0.230 e. The zero-order valence-electron chi connectivity index (χ0n) is 11.1. The summed E-state index contributed by atoms with van der Waals surface area (Å²) in [5.74, 6) is 3.93. The molecule has 0 aromatic carbocycles. The predicted molar refractivity (Wildman–Crippen MR) is 84.8 cm³/mol. The van der Waals surface area contributed by atoms with Crippen molar-refractivity contribution in [3.05, 3.63) is 27.0 Å². The van der Waals surface area contributed by atoms with Crippen molar-refractivity contribution in [2.24, 2.45) is 0 Å². The van der Waals surface area contributed by atoms with Crippen molar-refractivity contribution in [1.82, 2.24) is 4.31 Å². The van der Waals surface area contributed by atoms with E-state index in [9.17, 15) is 9.00 Å². The summed E-state index contributed by atoms with van der Waals surface area (Å²) in [5, 5.41) is 2.97. The van der Waals surface area contributed by atoms with Gasteiger partial charge in [0.2, 0.25) is 11.0 Å². The minimum Gasteiger partial charge on any atom is -0.456 e. The average molecular weight is 363 g/mol. The number of hydrogen-bond acceptors (Lipinski definition) is 5. The van der Waals surface area contributed by atoms with Gasteiger partial charge in [0.15, 0.2) is 11.5 Å². The highest BCUT2D eigenvalue weighted by atomic mass is 79.9. The van der Waals surface area contributed by atoms with Crippen LogP contribution in [-0.2, 0) is 9.71 Å². The van der Waals surface area contributed by atoms with Gasteiger partial charge >= 0.3 is 0 Å². The Morgan fingerprint density at radius 2 is 2.20 bits per heavy atom. The van der Waals surface area contributed by atoms with Crippen molar-refractivity contribution in [1.29, 1.82) is 0 Å². The minimum absolute atomic E-state index is 0.175. The Balaban J connectivity index is 2.11. The Morgan fingerprint density at radius 1 is 1.50 bits per heavy atom. The van der Waals surface area contributed by atoms with Gasteiger partial charge in [-0.15, -0.1) is 0 Å². The molecule has 0 saturated heterocycles. The molecule has 0 radical (unpaired) electrons. The fourth-order valence-corrected chi connectivity index (χ4v) is 2.36. The molecule has 2 aromatic heterocycles. The molecule has 0 saturated carbocycles. The first-order chi connectivity index (χ1) is 9.29. The molecule has 1 N–H and O–H groups in total. The summed E-state index contributed by atoms with van der Waals surface area (Å²) in [6.45, 7) is 0.980. The van der Waals surface area contributed by atoms with E-state index in [4.69, 9.17) is 8.83 Å². The van der Waals surface area contributed by atoms with Crippen LogP contribution in [0.2, 0.25) is 0 Å². The quantitative estimate of drug-likeness (QED) is 0.820. The minimum atomic E-state index is -2.22. The van der Waals surface area contributed by atoms with Crippen LogP contribution in [0.25, 0.3) is 11.2 Å². The van der Waals surface area contributed by atoms with E-state index in [2.05, 4.69) is 27.1 Å². The third kappa shape index (κ3) is 3.25. The molecule has 110 valence electrons. The van der Waals surface area contributed by atoms with Crippen LogP contribution in [0, 0.1) is 0 Å². The number of halogens is 1. The van der Waals surface area contributed by atoms with E-state index in [-0.39, 0.29) is 11.0 Å². The monoisotopic (exact) mass is 362 g/mol. The average Bonchev–Trinajstić information content (AvgIpc) is 2.70. The zero-order chi connectivity index (χ0) is 14.9. The Bertz CT molecular complexity index is 778. The Kier molecular flexibility index (Phi) is 4.26. The van der Waals surface area contributed by atoms with Gasteiger partial charge in [-0.3, -0.25) is 9.00 Å². The fourth-order valence-electron chi connectivity index (χ4n) is 1.53. The van der Waals surface area contributed by atoms with Crippen LogP contribution in [-0.4, -0.2) is 40.8 Å². The van der Waals surface area contributed by atoms with E-state index in [1.54, 1.807) is 17.6 Å². The van der Waals surface area contributed by atoms with Gasteiger partial charge in [0.1, 0.15) is 6.26 Å². The fraction of sp³-hybridized carbons (Fsp3) is 0.333. The van der Waals surface area contributed by atoms with Gasteiger partial charge in [-0.05, 0) is 28.8 Å². The van der Waals surface area contributed by atoms with Gasteiger partial charge in [-0.25, -0.2) is 4.31 Å². The molecule has 2 aromatic rings. The van der Waals surface area contributed by atoms with Crippen LogP contribution in [0.3, 0.4) is 0 Å². The summed E-state index contributed by atoms with van der Waals surface area (Å²) < 4.78 is 24.5. The van der Waals surface area contributed by atoms with E-state index >= 15 is 0 Å². The van der Waals surface area contributed by atoms with Crippen LogP contribution in [0.5, 0.6) is 0 Å². The second-order valence-corrected chi connectivity index (χ2v) is 7.85. The molecule has 8 heteroatoms. The largest absolute Gasteiger partial charge is 0.456 e. The lowest BCUT2D eigenvalue weighted by Crippen LogP contribution is -2.30. The molecule has 2 heterocycles. The summed E-state index contributed by atoms with van der Waals surface area (Å²) >= 11 is 3.24. The molecule has 1 unspecified atom stereocenters. The molecular formula is C12H15BrN2O4S. The lowest BCUT2D eigenvalue weighted by atomic mass is 10.4. The van der Waals surface area contributed by atoms with Gasteiger partial charge < -0.3 is 14.2 Å². The second-order valence-electron chi connectivity index (χ2n) is 4.45. The van der Waals surface area contributed by atoms with Crippen LogP contribution < -0.4 is 10.7 Å². The number of furan rings is 1. The van der Waals surface area contributed by atoms with Crippen LogP contribution >= 0.6 is 15.9 Å². The molecule has 0 aliphatic rings. The normalized spacial score (nSPS) is 14.6. The summed E-state index contributed by atoms with van der Waals surface area (Å²) in [7, 11) is -0.494. The first-order valence-corrected chi connectivity index (χ1v) is 8.66. The Hall–Kier alpha value is -1.25. The molecule has 0 spiro atoms. The maximum Gasteiger partial charge on any atom is 0.230 e. The number of anilines is 1. The van der Waals surface area contributed by atoms with E-state index in [1.807, 2.05) is 0 Å². The van der Waals surface area contributed by atoms with Gasteiger partial charge in [0, 0.05) is 35.1 Å². The molecule has 0 aliphatic heterocycles. The van der Waals surface area contributed by atoms with Gasteiger partial charge in [0.05, 0.1) is 4.47 Å². The number of rotatable bonds is 5. The van der Waals surface area contributed by atoms with Crippen molar-refractivity contribution in [2.75, 3.05) is 31.7 Å². The lowest BCUT2D eigenvalue weighted by Gasteiger charge is -2.18. The molecule has 20 heavy (non-hydrogen) atoms. The molecule has 0 amide bonds. The van der Waals surface area contributed by atoms with Crippen molar-refractivity contribution in [3.63, 3.8) is 0 Å². The number of hydrogen-bond donors (Lipinski definition) is 1. The highest BCUT2D eigenvalue weighted by Gasteiger charge is 2.12. The third-order valence-corrected chi connectivity index (χ3v) is 4.83. The molecule has 2 rings (SSSR count). The number of nitrogens with one attached hydrogen (secondary N) is 1. The first-order valence-electron chi connectivity index (χ1n) is 5.77. The van der Waals surface area contributed by atoms with E-state index in [0.29, 0.717) is 29.0 Å². The number of nitrogens with zero attached hydrogens (tertiary/aromatic N) is 1. The summed E-state index contributed by atoms with van der Waals surface area (Å²) in [5.41, 5.74) is 0.280. The Labute approximate surface area is 125 Å². The van der Waals surface area contributed by atoms with E-state index in [0.717, 1.165) is 0 Å². The van der Waals surface area contributed by atoms with Gasteiger partial charge in [-0.2, -0.15) is 0 Å². The highest BCUT2D eigenvalue weighted by molar-refractivity contribution is 9.10. The molecule has 0 fully saturated rings. The summed E-state index contributed by atoms with van der Waals surface area (Å²) in [6.07, 6.45) is 2.98. The SMILES string of the molecule is C=S(C)(=O)N(C)CCNc1cc(=O)c2occ(Br)c2o1. The zero-order valence-corrected chi connectivity index (χ0v) is 13.5. The molecule has 0 bridgehead atoms. The van der Waals surface area contributed by atoms with Crippen molar-refractivity contribution < 1.29 is 13.0 Å². The van der Waals surface area contributed by atoms with Crippen LogP contribution in [0.15, 0.2) is 30.4 Å². The van der Waals surface area contributed by atoms with Gasteiger partial charge in [0.25, 0.3) is 0 Å². The predicted octanol–water partition coefficient (Wildman–Crippen LogP) is 1.75.